The Balaban J connectivity index is 1.74. The number of anilines is 1. The summed E-state index contributed by atoms with van der Waals surface area (Å²) < 4.78 is 27.1. The van der Waals surface area contributed by atoms with Crippen LogP contribution in [-0.4, -0.2) is 31.7 Å². The predicted octanol–water partition coefficient (Wildman–Crippen LogP) is 3.85. The molecule has 6 heteroatoms. The highest BCUT2D eigenvalue weighted by Crippen LogP contribution is 2.27. The lowest BCUT2D eigenvalue weighted by Gasteiger charge is -2.31. The van der Waals surface area contributed by atoms with Gasteiger partial charge in [-0.1, -0.05) is 50.2 Å². The molecule has 0 spiro atoms. The van der Waals surface area contributed by atoms with Gasteiger partial charge >= 0.3 is 0 Å². The second-order valence-corrected chi connectivity index (χ2v) is 9.18. The van der Waals surface area contributed by atoms with E-state index in [0.717, 1.165) is 11.3 Å². The third-order valence-electron chi connectivity index (χ3n) is 4.98. The zero-order valence-corrected chi connectivity index (χ0v) is 16.6. The van der Waals surface area contributed by atoms with Gasteiger partial charge in [-0.15, -0.1) is 0 Å². The maximum atomic E-state index is 12.9. The number of benzene rings is 2. The lowest BCUT2D eigenvalue weighted by molar-refractivity contribution is -0.120. The van der Waals surface area contributed by atoms with Crippen LogP contribution < -0.4 is 5.32 Å². The summed E-state index contributed by atoms with van der Waals surface area (Å²) in [7, 11) is -3.57. The number of nitrogens with one attached hydrogen (secondary N) is 1. The van der Waals surface area contributed by atoms with Crippen molar-refractivity contribution in [2.45, 2.75) is 37.5 Å². The largest absolute Gasteiger partial charge is 0.326 e. The molecule has 1 aliphatic heterocycles. The molecule has 1 fully saturated rings. The average molecular weight is 387 g/mol. The van der Waals surface area contributed by atoms with Crippen LogP contribution in [0.15, 0.2) is 59.5 Å². The second kappa shape index (κ2) is 8.23. The molecule has 0 aliphatic carbocycles. The molecular formula is C21H26N2O3S. The van der Waals surface area contributed by atoms with E-state index in [2.05, 4.69) is 19.2 Å². The molecule has 1 aliphatic rings. The summed E-state index contributed by atoms with van der Waals surface area (Å²) >= 11 is 0. The van der Waals surface area contributed by atoms with E-state index in [-0.39, 0.29) is 23.3 Å². The number of carbonyl (C=O) groups excluding carboxylic acids is 1. The summed E-state index contributed by atoms with van der Waals surface area (Å²) in [5.74, 6) is -0.170. The normalized spacial score (nSPS) is 18.4. The van der Waals surface area contributed by atoms with Crippen LogP contribution in [0.25, 0.3) is 0 Å². The number of rotatable bonds is 5. The minimum Gasteiger partial charge on any atom is -0.326 e. The highest BCUT2D eigenvalue weighted by molar-refractivity contribution is 7.89. The molecule has 1 N–H and O–H groups in total. The van der Waals surface area contributed by atoms with E-state index in [0.29, 0.717) is 25.3 Å². The molecule has 2 aromatic rings. The first-order valence-corrected chi connectivity index (χ1v) is 10.8. The maximum Gasteiger partial charge on any atom is 0.243 e. The lowest BCUT2D eigenvalue weighted by atomic mass is 9.97. The third kappa shape index (κ3) is 4.39. The first-order valence-electron chi connectivity index (χ1n) is 9.34. The fourth-order valence-corrected chi connectivity index (χ4v) is 5.01. The Hall–Kier alpha value is -2.18. The summed E-state index contributed by atoms with van der Waals surface area (Å²) in [4.78, 5) is 13.1. The first kappa shape index (κ1) is 19.6. The number of amides is 1. The van der Waals surface area contributed by atoms with Gasteiger partial charge in [0, 0.05) is 18.8 Å². The van der Waals surface area contributed by atoms with E-state index in [1.807, 2.05) is 24.3 Å². The van der Waals surface area contributed by atoms with Gasteiger partial charge in [-0.25, -0.2) is 8.42 Å². The molecule has 5 nitrogen and oxygen atoms in total. The molecule has 0 saturated carbocycles. The van der Waals surface area contributed by atoms with Crippen molar-refractivity contribution in [3.05, 3.63) is 60.2 Å². The Morgan fingerprint density at radius 3 is 2.44 bits per heavy atom. The van der Waals surface area contributed by atoms with E-state index < -0.39 is 10.0 Å². The number of carbonyl (C=O) groups is 1. The monoisotopic (exact) mass is 386 g/mol. The van der Waals surface area contributed by atoms with Crippen molar-refractivity contribution in [2.75, 3.05) is 18.4 Å². The van der Waals surface area contributed by atoms with Gasteiger partial charge in [0.1, 0.15) is 0 Å². The van der Waals surface area contributed by atoms with Gasteiger partial charge in [0.15, 0.2) is 0 Å². The molecule has 2 aromatic carbocycles. The van der Waals surface area contributed by atoms with E-state index in [9.17, 15) is 13.2 Å². The van der Waals surface area contributed by atoms with Gasteiger partial charge in [-0.05, 0) is 42.5 Å². The van der Waals surface area contributed by atoms with Gasteiger partial charge < -0.3 is 5.32 Å². The molecule has 1 saturated heterocycles. The van der Waals surface area contributed by atoms with Crippen molar-refractivity contribution in [1.82, 2.24) is 4.31 Å². The second-order valence-electron chi connectivity index (χ2n) is 7.25. The van der Waals surface area contributed by atoms with Crippen LogP contribution in [0.2, 0.25) is 0 Å². The highest BCUT2D eigenvalue weighted by atomic mass is 32.2. The van der Waals surface area contributed by atoms with Crippen LogP contribution >= 0.6 is 0 Å². The Bertz CT molecular complexity index is 895. The minimum atomic E-state index is -3.57. The van der Waals surface area contributed by atoms with Crippen LogP contribution in [0.3, 0.4) is 0 Å². The molecule has 144 valence electrons. The van der Waals surface area contributed by atoms with Crippen molar-refractivity contribution < 1.29 is 13.2 Å². The van der Waals surface area contributed by atoms with Crippen molar-refractivity contribution in [3.8, 4) is 0 Å². The molecule has 27 heavy (non-hydrogen) atoms. The van der Waals surface area contributed by atoms with Crippen LogP contribution in [0, 0.1) is 5.92 Å². The quantitative estimate of drug-likeness (QED) is 0.849. The summed E-state index contributed by atoms with van der Waals surface area (Å²) in [6, 6.07) is 16.2. The van der Waals surface area contributed by atoms with Crippen LogP contribution in [0.1, 0.15) is 38.2 Å². The van der Waals surface area contributed by atoms with Crippen LogP contribution in [-0.2, 0) is 14.8 Å². The van der Waals surface area contributed by atoms with Gasteiger partial charge in [0.25, 0.3) is 0 Å². The standard InChI is InChI=1S/C21H26N2O3S/c1-16(2)19-12-6-7-13-20(19)22-21(24)17-9-8-14-23(15-17)27(25,26)18-10-4-3-5-11-18/h3-7,10-13,16-17H,8-9,14-15H2,1-2H3,(H,22,24)/t17-/m0/s1. The fraction of sp³-hybridized carbons (Fsp3) is 0.381. The molecule has 1 heterocycles. The first-order chi connectivity index (χ1) is 12.9. The van der Waals surface area contributed by atoms with Gasteiger partial charge in [-0.2, -0.15) is 4.31 Å². The number of nitrogens with zero attached hydrogens (tertiary/aromatic N) is 1. The van der Waals surface area contributed by atoms with Gasteiger partial charge in [0.05, 0.1) is 10.8 Å². The zero-order chi connectivity index (χ0) is 19.4. The zero-order valence-electron chi connectivity index (χ0n) is 15.8. The number of hydrogen-bond acceptors (Lipinski definition) is 3. The summed E-state index contributed by atoms with van der Waals surface area (Å²) in [5, 5.41) is 3.01. The number of para-hydroxylation sites is 1. The number of piperidine rings is 1. The van der Waals surface area contributed by atoms with Crippen LogP contribution in [0.4, 0.5) is 5.69 Å². The van der Waals surface area contributed by atoms with Crippen molar-refractivity contribution in [1.29, 1.82) is 0 Å². The summed E-state index contributed by atoms with van der Waals surface area (Å²) in [6.45, 7) is 4.83. The van der Waals surface area contributed by atoms with E-state index in [1.165, 1.54) is 4.31 Å². The summed E-state index contributed by atoms with van der Waals surface area (Å²) in [5.41, 5.74) is 1.89. The maximum absolute atomic E-state index is 12.9. The van der Waals surface area contributed by atoms with E-state index in [1.54, 1.807) is 30.3 Å². The predicted molar refractivity (Wildman–Crippen MR) is 107 cm³/mol. The van der Waals surface area contributed by atoms with Gasteiger partial charge in [0.2, 0.25) is 15.9 Å². The topological polar surface area (TPSA) is 66.5 Å². The number of sulfonamides is 1. The van der Waals surface area contributed by atoms with Crippen LogP contribution in [0.5, 0.6) is 0 Å². The number of hydrogen-bond donors (Lipinski definition) is 1. The fourth-order valence-electron chi connectivity index (χ4n) is 3.47. The summed E-state index contributed by atoms with van der Waals surface area (Å²) in [6.07, 6.45) is 1.37. The SMILES string of the molecule is CC(C)c1ccccc1NC(=O)[C@H]1CCCN(S(=O)(=O)c2ccccc2)C1. The van der Waals surface area contributed by atoms with E-state index in [4.69, 9.17) is 0 Å². The molecule has 1 atom stereocenters. The molecule has 0 bridgehead atoms. The van der Waals surface area contributed by atoms with Crippen molar-refractivity contribution in [3.63, 3.8) is 0 Å². The third-order valence-corrected chi connectivity index (χ3v) is 6.86. The minimum absolute atomic E-state index is 0.115. The van der Waals surface area contributed by atoms with Gasteiger partial charge in [-0.3, -0.25) is 4.79 Å². The Morgan fingerprint density at radius 2 is 1.74 bits per heavy atom. The molecule has 0 radical (unpaired) electrons. The van der Waals surface area contributed by atoms with Crippen molar-refractivity contribution >= 4 is 21.6 Å². The molecule has 3 rings (SSSR count). The van der Waals surface area contributed by atoms with E-state index >= 15 is 0 Å². The molecule has 1 amide bonds. The molecule has 0 unspecified atom stereocenters. The Kier molecular flexibility index (Phi) is 5.97. The van der Waals surface area contributed by atoms with Crippen molar-refractivity contribution in [2.24, 2.45) is 5.92 Å². The molecule has 0 aromatic heterocycles. The smallest absolute Gasteiger partial charge is 0.243 e. The Morgan fingerprint density at radius 1 is 1.07 bits per heavy atom. The average Bonchev–Trinajstić information content (AvgIpc) is 2.69. The molecular weight excluding hydrogens is 360 g/mol. The Labute approximate surface area is 161 Å². The lowest BCUT2D eigenvalue weighted by Crippen LogP contribution is -2.43. The highest BCUT2D eigenvalue weighted by Gasteiger charge is 2.33.